The van der Waals surface area contributed by atoms with Crippen LogP contribution in [-0.2, 0) is 9.53 Å². The smallest absolute Gasteiger partial charge is 0.238 e. The third-order valence-electron chi connectivity index (χ3n) is 4.44. The van der Waals surface area contributed by atoms with Gasteiger partial charge in [-0.05, 0) is 39.3 Å². The van der Waals surface area contributed by atoms with Crippen molar-refractivity contribution < 1.29 is 9.53 Å². The van der Waals surface area contributed by atoms with Crippen molar-refractivity contribution in [3.05, 3.63) is 0 Å². The second kappa shape index (κ2) is 7.61. The number of carbonyl (C=O) groups is 1. The molecule has 2 rings (SSSR count). The van der Waals surface area contributed by atoms with E-state index in [0.717, 1.165) is 32.4 Å². The summed E-state index contributed by atoms with van der Waals surface area (Å²) in [5.41, 5.74) is 0. The highest BCUT2D eigenvalue weighted by atomic mass is 16.5. The summed E-state index contributed by atoms with van der Waals surface area (Å²) >= 11 is 0. The van der Waals surface area contributed by atoms with Gasteiger partial charge in [-0.1, -0.05) is 12.8 Å². The summed E-state index contributed by atoms with van der Waals surface area (Å²) in [6, 6.07) is 1.65. The van der Waals surface area contributed by atoms with Crippen LogP contribution in [0, 0.1) is 17.2 Å². The summed E-state index contributed by atoms with van der Waals surface area (Å²) in [6.07, 6.45) is 5.69. The molecule has 112 valence electrons. The lowest BCUT2D eigenvalue weighted by atomic mass is 10.00. The SMILES string of the molecule is CC(C(=O)NC(C#N)C1CCOC1)N1CCCCCC1. The Morgan fingerprint density at radius 1 is 1.35 bits per heavy atom. The van der Waals surface area contributed by atoms with Gasteiger partial charge in [-0.2, -0.15) is 5.26 Å². The van der Waals surface area contributed by atoms with Gasteiger partial charge < -0.3 is 10.1 Å². The number of hydrogen-bond acceptors (Lipinski definition) is 4. The van der Waals surface area contributed by atoms with Crippen molar-refractivity contribution >= 4 is 5.91 Å². The first-order valence-electron chi connectivity index (χ1n) is 7.74. The van der Waals surface area contributed by atoms with Crippen LogP contribution in [0.2, 0.25) is 0 Å². The summed E-state index contributed by atoms with van der Waals surface area (Å²) in [5, 5.41) is 12.1. The minimum absolute atomic E-state index is 0.0228. The first-order chi connectivity index (χ1) is 9.72. The molecule has 0 radical (unpaired) electrons. The number of amides is 1. The Morgan fingerprint density at radius 2 is 2.05 bits per heavy atom. The van der Waals surface area contributed by atoms with Gasteiger partial charge in [0.05, 0.1) is 18.7 Å². The minimum atomic E-state index is -0.417. The lowest BCUT2D eigenvalue weighted by molar-refractivity contribution is -0.126. The van der Waals surface area contributed by atoms with Crippen molar-refractivity contribution in [1.29, 1.82) is 5.26 Å². The van der Waals surface area contributed by atoms with Crippen LogP contribution in [-0.4, -0.2) is 49.2 Å². The quantitative estimate of drug-likeness (QED) is 0.842. The second-order valence-corrected chi connectivity index (χ2v) is 5.87. The molecule has 0 aromatic rings. The van der Waals surface area contributed by atoms with E-state index in [9.17, 15) is 10.1 Å². The number of ether oxygens (including phenoxy) is 1. The van der Waals surface area contributed by atoms with Crippen molar-refractivity contribution in [1.82, 2.24) is 10.2 Å². The number of nitriles is 1. The average Bonchev–Trinajstić information content (AvgIpc) is 2.85. The van der Waals surface area contributed by atoms with E-state index in [1.807, 2.05) is 6.92 Å². The maximum atomic E-state index is 12.3. The van der Waals surface area contributed by atoms with Crippen LogP contribution in [0.1, 0.15) is 39.0 Å². The summed E-state index contributed by atoms with van der Waals surface area (Å²) in [5.74, 6) is 0.116. The maximum absolute atomic E-state index is 12.3. The topological polar surface area (TPSA) is 65.4 Å². The van der Waals surface area contributed by atoms with Gasteiger partial charge in [0.2, 0.25) is 5.91 Å². The Balaban J connectivity index is 1.87. The summed E-state index contributed by atoms with van der Waals surface area (Å²) in [7, 11) is 0. The fourth-order valence-corrected chi connectivity index (χ4v) is 2.99. The Hall–Kier alpha value is -1.12. The van der Waals surface area contributed by atoms with Gasteiger partial charge in [0, 0.05) is 12.5 Å². The molecule has 0 aromatic carbocycles. The zero-order chi connectivity index (χ0) is 14.4. The van der Waals surface area contributed by atoms with Crippen LogP contribution in [0.15, 0.2) is 0 Å². The molecule has 3 unspecified atom stereocenters. The Kier molecular flexibility index (Phi) is 5.81. The largest absolute Gasteiger partial charge is 0.381 e. The van der Waals surface area contributed by atoms with Gasteiger partial charge in [0.15, 0.2) is 0 Å². The van der Waals surface area contributed by atoms with E-state index in [1.54, 1.807) is 0 Å². The normalized spacial score (nSPS) is 27.3. The van der Waals surface area contributed by atoms with E-state index < -0.39 is 6.04 Å². The van der Waals surface area contributed by atoms with Crippen molar-refractivity contribution in [3.8, 4) is 6.07 Å². The number of likely N-dealkylation sites (tertiary alicyclic amines) is 1. The Bertz CT molecular complexity index is 353. The number of carbonyl (C=O) groups excluding carboxylic acids is 1. The van der Waals surface area contributed by atoms with E-state index >= 15 is 0 Å². The lowest BCUT2D eigenvalue weighted by Gasteiger charge is -2.28. The zero-order valence-corrected chi connectivity index (χ0v) is 12.3. The highest BCUT2D eigenvalue weighted by Gasteiger charge is 2.30. The van der Waals surface area contributed by atoms with Crippen molar-refractivity contribution in [3.63, 3.8) is 0 Å². The fraction of sp³-hybridized carbons (Fsp3) is 0.867. The third-order valence-corrected chi connectivity index (χ3v) is 4.44. The van der Waals surface area contributed by atoms with Crippen LogP contribution < -0.4 is 5.32 Å². The van der Waals surface area contributed by atoms with Gasteiger partial charge in [-0.25, -0.2) is 0 Å². The third kappa shape index (κ3) is 3.94. The van der Waals surface area contributed by atoms with Crippen molar-refractivity contribution in [2.75, 3.05) is 26.3 Å². The average molecular weight is 279 g/mol. The van der Waals surface area contributed by atoms with Gasteiger partial charge in [0.1, 0.15) is 6.04 Å². The Morgan fingerprint density at radius 3 is 2.60 bits per heavy atom. The number of rotatable bonds is 4. The van der Waals surface area contributed by atoms with Gasteiger partial charge in [0.25, 0.3) is 0 Å². The molecule has 2 saturated heterocycles. The standard InChI is InChI=1S/C15H25N3O2/c1-12(18-7-4-2-3-5-8-18)15(19)17-14(10-16)13-6-9-20-11-13/h12-14H,2-9,11H2,1H3,(H,17,19). The van der Waals surface area contributed by atoms with Crippen LogP contribution in [0.5, 0.6) is 0 Å². The molecule has 0 aromatic heterocycles. The molecule has 1 amide bonds. The van der Waals surface area contributed by atoms with Crippen LogP contribution >= 0.6 is 0 Å². The van der Waals surface area contributed by atoms with Crippen molar-refractivity contribution in [2.45, 2.75) is 51.1 Å². The molecule has 20 heavy (non-hydrogen) atoms. The summed E-state index contributed by atoms with van der Waals surface area (Å²) in [4.78, 5) is 14.6. The first-order valence-corrected chi connectivity index (χ1v) is 7.74. The molecule has 2 heterocycles. The monoisotopic (exact) mass is 279 g/mol. The highest BCUT2D eigenvalue weighted by molar-refractivity contribution is 5.81. The molecule has 3 atom stereocenters. The molecule has 5 heteroatoms. The van der Waals surface area contributed by atoms with Gasteiger partial charge in [-0.15, -0.1) is 0 Å². The van der Waals surface area contributed by atoms with E-state index in [4.69, 9.17) is 4.74 Å². The maximum Gasteiger partial charge on any atom is 0.238 e. The molecule has 5 nitrogen and oxygen atoms in total. The molecule has 0 aliphatic carbocycles. The van der Waals surface area contributed by atoms with Crippen molar-refractivity contribution in [2.24, 2.45) is 5.92 Å². The molecule has 2 aliphatic rings. The van der Waals surface area contributed by atoms with Crippen LogP contribution in [0.3, 0.4) is 0 Å². The second-order valence-electron chi connectivity index (χ2n) is 5.87. The molecule has 0 spiro atoms. The molecule has 0 bridgehead atoms. The number of nitrogens with zero attached hydrogens (tertiary/aromatic N) is 2. The van der Waals surface area contributed by atoms with Crippen LogP contribution in [0.25, 0.3) is 0 Å². The molecule has 2 aliphatic heterocycles. The molecular weight excluding hydrogens is 254 g/mol. The number of nitrogens with one attached hydrogen (secondary N) is 1. The lowest BCUT2D eigenvalue weighted by Crippen LogP contribution is -2.50. The molecular formula is C15H25N3O2. The van der Waals surface area contributed by atoms with E-state index in [0.29, 0.717) is 13.2 Å². The predicted octanol–water partition coefficient (Wildman–Crippen LogP) is 1.30. The zero-order valence-electron chi connectivity index (χ0n) is 12.3. The Labute approximate surface area is 121 Å². The summed E-state index contributed by atoms with van der Waals surface area (Å²) in [6.45, 7) is 5.19. The first kappa shape index (κ1) is 15.3. The fourth-order valence-electron chi connectivity index (χ4n) is 2.99. The highest BCUT2D eigenvalue weighted by Crippen LogP contribution is 2.17. The van der Waals surface area contributed by atoms with E-state index in [1.165, 1.54) is 12.8 Å². The van der Waals surface area contributed by atoms with E-state index in [2.05, 4.69) is 16.3 Å². The van der Waals surface area contributed by atoms with E-state index in [-0.39, 0.29) is 17.9 Å². The number of hydrogen-bond donors (Lipinski definition) is 1. The van der Waals surface area contributed by atoms with Crippen LogP contribution in [0.4, 0.5) is 0 Å². The van der Waals surface area contributed by atoms with Gasteiger partial charge in [-0.3, -0.25) is 9.69 Å². The molecule has 2 fully saturated rings. The minimum Gasteiger partial charge on any atom is -0.381 e. The molecule has 1 N–H and O–H groups in total. The van der Waals surface area contributed by atoms with Gasteiger partial charge >= 0.3 is 0 Å². The predicted molar refractivity (Wildman–Crippen MR) is 76.0 cm³/mol. The molecule has 0 saturated carbocycles. The summed E-state index contributed by atoms with van der Waals surface area (Å²) < 4.78 is 5.30.